The van der Waals surface area contributed by atoms with E-state index in [1.54, 1.807) is 40.0 Å². The van der Waals surface area contributed by atoms with Gasteiger partial charge in [0.25, 0.3) is 0 Å². The van der Waals surface area contributed by atoms with Crippen LogP contribution in [0.4, 0.5) is 10.2 Å². The molecule has 3 rings (SSSR count). The van der Waals surface area contributed by atoms with Crippen LogP contribution in [0, 0.1) is 12.7 Å². The van der Waals surface area contributed by atoms with Crippen LogP contribution >= 0.6 is 0 Å². The van der Waals surface area contributed by atoms with Gasteiger partial charge in [0.05, 0.1) is 12.2 Å². The molecule has 3 aromatic rings. The smallest absolute Gasteiger partial charge is 0.247 e. The number of amides is 1. The zero-order chi connectivity index (χ0) is 16.2. The number of aryl methyl sites for hydroxylation is 1. The predicted molar refractivity (Wildman–Crippen MR) is 83.3 cm³/mol. The van der Waals surface area contributed by atoms with Gasteiger partial charge < -0.3 is 5.32 Å². The van der Waals surface area contributed by atoms with Crippen LogP contribution in [0.5, 0.6) is 0 Å². The largest absolute Gasteiger partial charge is 0.308 e. The fourth-order valence-corrected chi connectivity index (χ4v) is 2.17. The van der Waals surface area contributed by atoms with Crippen LogP contribution in [0.3, 0.4) is 0 Å². The second-order valence-corrected chi connectivity index (χ2v) is 5.23. The Morgan fingerprint density at radius 2 is 1.83 bits per heavy atom. The fraction of sp³-hybridized carbons (Fsp3) is 0.188. The van der Waals surface area contributed by atoms with Crippen molar-refractivity contribution in [2.24, 2.45) is 0 Å². The van der Waals surface area contributed by atoms with E-state index < -0.39 is 0 Å². The van der Waals surface area contributed by atoms with E-state index in [1.807, 2.05) is 13.0 Å². The molecule has 1 aromatic carbocycles. The number of carbonyl (C=O) groups excluding carboxylic acids is 1. The quantitative estimate of drug-likeness (QED) is 0.785. The van der Waals surface area contributed by atoms with Gasteiger partial charge in [0, 0.05) is 18.5 Å². The van der Waals surface area contributed by atoms with Gasteiger partial charge in [0.2, 0.25) is 5.91 Å². The van der Waals surface area contributed by atoms with Gasteiger partial charge in [-0.15, -0.1) is 0 Å². The first kappa shape index (κ1) is 15.0. The highest BCUT2D eigenvalue weighted by atomic mass is 19.1. The van der Waals surface area contributed by atoms with Crippen LogP contribution in [-0.2, 0) is 17.9 Å². The molecular formula is C16H16FN5O. The average Bonchev–Trinajstić information content (AvgIpc) is 3.11. The summed E-state index contributed by atoms with van der Waals surface area (Å²) in [6, 6.07) is 9.78. The first-order valence-corrected chi connectivity index (χ1v) is 7.16. The van der Waals surface area contributed by atoms with E-state index in [-0.39, 0.29) is 18.3 Å². The molecule has 0 saturated heterocycles. The summed E-state index contributed by atoms with van der Waals surface area (Å²) in [5, 5.41) is 11.2. The van der Waals surface area contributed by atoms with Crippen LogP contribution in [-0.4, -0.2) is 25.5 Å². The number of carbonyl (C=O) groups is 1. The average molecular weight is 313 g/mol. The lowest BCUT2D eigenvalue weighted by Crippen LogP contribution is -2.19. The Morgan fingerprint density at radius 1 is 1.09 bits per heavy atom. The summed E-state index contributed by atoms with van der Waals surface area (Å²) in [7, 11) is 0. The van der Waals surface area contributed by atoms with E-state index in [0.29, 0.717) is 12.4 Å². The van der Waals surface area contributed by atoms with Crippen molar-refractivity contribution in [3.05, 3.63) is 65.9 Å². The third kappa shape index (κ3) is 4.03. The normalized spacial score (nSPS) is 10.7. The highest BCUT2D eigenvalue weighted by Crippen LogP contribution is 2.08. The Labute approximate surface area is 132 Å². The lowest BCUT2D eigenvalue weighted by Gasteiger charge is -2.03. The monoisotopic (exact) mass is 313 g/mol. The zero-order valence-electron chi connectivity index (χ0n) is 12.6. The van der Waals surface area contributed by atoms with Crippen molar-refractivity contribution in [1.29, 1.82) is 0 Å². The lowest BCUT2D eigenvalue weighted by molar-refractivity contribution is -0.116. The topological polar surface area (TPSA) is 64.7 Å². The van der Waals surface area contributed by atoms with Crippen molar-refractivity contribution in [1.82, 2.24) is 19.6 Å². The lowest BCUT2D eigenvalue weighted by atomic mass is 10.2. The van der Waals surface area contributed by atoms with Gasteiger partial charge in [-0.25, -0.2) is 4.39 Å². The number of anilines is 1. The minimum Gasteiger partial charge on any atom is -0.308 e. The standard InChI is InChI=1S/C16H16FN5O/c1-12-6-8-22(19-12)11-16(23)18-15-7-9-21(20-15)10-13-2-4-14(17)5-3-13/h2-9H,10-11H2,1H3,(H,18,20,23). The van der Waals surface area contributed by atoms with Crippen molar-refractivity contribution in [3.63, 3.8) is 0 Å². The molecule has 1 N–H and O–H groups in total. The molecule has 2 heterocycles. The number of nitrogens with one attached hydrogen (secondary N) is 1. The molecule has 0 radical (unpaired) electrons. The maximum absolute atomic E-state index is 12.9. The summed E-state index contributed by atoms with van der Waals surface area (Å²) in [5.74, 6) is 0.0112. The van der Waals surface area contributed by atoms with Gasteiger partial charge in [-0.3, -0.25) is 14.2 Å². The third-order valence-electron chi connectivity index (χ3n) is 3.25. The number of halogens is 1. The van der Waals surface area contributed by atoms with Crippen LogP contribution in [0.15, 0.2) is 48.8 Å². The van der Waals surface area contributed by atoms with Gasteiger partial charge in [-0.05, 0) is 30.7 Å². The molecule has 0 saturated carbocycles. The van der Waals surface area contributed by atoms with E-state index in [2.05, 4.69) is 15.5 Å². The van der Waals surface area contributed by atoms with Crippen LogP contribution in [0.25, 0.3) is 0 Å². The van der Waals surface area contributed by atoms with Crippen molar-refractivity contribution >= 4 is 11.7 Å². The summed E-state index contributed by atoms with van der Waals surface area (Å²) in [6.45, 7) is 2.51. The molecule has 6 nitrogen and oxygen atoms in total. The van der Waals surface area contributed by atoms with E-state index in [0.717, 1.165) is 11.3 Å². The summed E-state index contributed by atoms with van der Waals surface area (Å²) in [5.41, 5.74) is 1.79. The summed E-state index contributed by atoms with van der Waals surface area (Å²) < 4.78 is 16.1. The third-order valence-corrected chi connectivity index (χ3v) is 3.25. The van der Waals surface area contributed by atoms with Gasteiger partial charge in [0.1, 0.15) is 12.4 Å². The molecule has 118 valence electrons. The SMILES string of the molecule is Cc1ccn(CC(=O)Nc2ccn(Cc3ccc(F)cc3)n2)n1. The molecule has 7 heteroatoms. The predicted octanol–water partition coefficient (Wildman–Crippen LogP) is 2.21. The highest BCUT2D eigenvalue weighted by Gasteiger charge is 2.07. The first-order valence-electron chi connectivity index (χ1n) is 7.16. The van der Waals surface area contributed by atoms with Gasteiger partial charge in [0.15, 0.2) is 5.82 Å². The highest BCUT2D eigenvalue weighted by molar-refractivity contribution is 5.89. The molecule has 0 spiro atoms. The summed E-state index contributed by atoms with van der Waals surface area (Å²) >= 11 is 0. The maximum atomic E-state index is 12.9. The molecule has 0 aliphatic rings. The number of hydrogen-bond donors (Lipinski definition) is 1. The minimum absolute atomic E-state index is 0.138. The van der Waals surface area contributed by atoms with E-state index >= 15 is 0 Å². The molecule has 1 amide bonds. The number of nitrogens with zero attached hydrogens (tertiary/aromatic N) is 4. The fourth-order valence-electron chi connectivity index (χ4n) is 2.17. The summed E-state index contributed by atoms with van der Waals surface area (Å²) in [4.78, 5) is 11.9. The second kappa shape index (κ2) is 6.43. The van der Waals surface area contributed by atoms with Crippen LogP contribution in [0.1, 0.15) is 11.3 Å². The van der Waals surface area contributed by atoms with E-state index in [1.165, 1.54) is 12.1 Å². The number of aromatic nitrogens is 4. The molecular weight excluding hydrogens is 297 g/mol. The van der Waals surface area contributed by atoms with Gasteiger partial charge in [-0.2, -0.15) is 10.2 Å². The first-order chi connectivity index (χ1) is 11.1. The molecule has 0 unspecified atom stereocenters. The minimum atomic E-state index is -0.268. The number of benzene rings is 1. The Bertz CT molecular complexity index is 806. The Balaban J connectivity index is 1.58. The maximum Gasteiger partial charge on any atom is 0.247 e. The second-order valence-electron chi connectivity index (χ2n) is 5.23. The van der Waals surface area contributed by atoms with Crippen LogP contribution < -0.4 is 5.32 Å². The van der Waals surface area contributed by atoms with Gasteiger partial charge >= 0.3 is 0 Å². The van der Waals surface area contributed by atoms with Crippen molar-refractivity contribution in [3.8, 4) is 0 Å². The zero-order valence-corrected chi connectivity index (χ0v) is 12.6. The Kier molecular flexibility index (Phi) is 4.18. The molecule has 2 aromatic heterocycles. The number of rotatable bonds is 5. The van der Waals surface area contributed by atoms with Crippen molar-refractivity contribution in [2.45, 2.75) is 20.0 Å². The molecule has 0 aliphatic heterocycles. The molecule has 0 fully saturated rings. The van der Waals surface area contributed by atoms with Crippen molar-refractivity contribution in [2.75, 3.05) is 5.32 Å². The molecule has 0 aliphatic carbocycles. The Hall–Kier alpha value is -2.96. The van der Waals surface area contributed by atoms with E-state index in [4.69, 9.17) is 0 Å². The molecule has 0 atom stereocenters. The van der Waals surface area contributed by atoms with Crippen LogP contribution in [0.2, 0.25) is 0 Å². The van der Waals surface area contributed by atoms with Gasteiger partial charge in [-0.1, -0.05) is 12.1 Å². The Morgan fingerprint density at radius 3 is 2.52 bits per heavy atom. The number of hydrogen-bond acceptors (Lipinski definition) is 3. The van der Waals surface area contributed by atoms with E-state index in [9.17, 15) is 9.18 Å². The molecule has 23 heavy (non-hydrogen) atoms. The van der Waals surface area contributed by atoms with Crippen molar-refractivity contribution < 1.29 is 9.18 Å². The summed E-state index contributed by atoms with van der Waals surface area (Å²) in [6.07, 6.45) is 3.51. The molecule has 0 bridgehead atoms.